The number of rotatable bonds is 4. The molecule has 1 aromatic rings. The van der Waals surface area contributed by atoms with E-state index >= 15 is 0 Å². The van der Waals surface area contributed by atoms with Crippen molar-refractivity contribution in [1.29, 1.82) is 0 Å². The van der Waals surface area contributed by atoms with Crippen LogP contribution in [0.4, 0.5) is 0 Å². The average Bonchev–Trinajstić information content (AvgIpc) is 2.86. The summed E-state index contributed by atoms with van der Waals surface area (Å²) in [5.41, 5.74) is 1.25. The van der Waals surface area contributed by atoms with Gasteiger partial charge >= 0.3 is 0 Å². The predicted molar refractivity (Wildman–Crippen MR) is 71.9 cm³/mol. The Kier molecular flexibility index (Phi) is 4.11. The molecule has 0 amide bonds. The van der Waals surface area contributed by atoms with E-state index in [1.165, 1.54) is 12.0 Å². The van der Waals surface area contributed by atoms with Gasteiger partial charge in [-0.05, 0) is 37.1 Å². The molecule has 0 radical (unpaired) electrons. The molecular weight excluding hydrogens is 226 g/mol. The van der Waals surface area contributed by atoms with Crippen molar-refractivity contribution in [2.24, 2.45) is 0 Å². The fourth-order valence-electron chi connectivity index (χ4n) is 2.57. The lowest BCUT2D eigenvalue weighted by atomic mass is 10.0. The number of methoxy groups -OCH3 is 2. The molecule has 1 atom stereocenters. The Hall–Kier alpha value is -1.66. The molecule has 0 N–H and O–H groups in total. The number of likely N-dealkylation sites (tertiary alicyclic amines) is 1. The highest BCUT2D eigenvalue weighted by atomic mass is 16.5. The summed E-state index contributed by atoms with van der Waals surface area (Å²) < 4.78 is 10.6. The summed E-state index contributed by atoms with van der Waals surface area (Å²) >= 11 is 0. The lowest BCUT2D eigenvalue weighted by Crippen LogP contribution is -2.23. The average molecular weight is 245 g/mol. The van der Waals surface area contributed by atoms with Crippen molar-refractivity contribution in [1.82, 2.24) is 4.90 Å². The van der Waals surface area contributed by atoms with Crippen molar-refractivity contribution in [3.05, 3.63) is 23.8 Å². The Balaban J connectivity index is 2.25. The normalized spacial score (nSPS) is 19.5. The van der Waals surface area contributed by atoms with Crippen molar-refractivity contribution >= 4 is 0 Å². The van der Waals surface area contributed by atoms with Gasteiger partial charge in [0.25, 0.3) is 0 Å². The van der Waals surface area contributed by atoms with Gasteiger partial charge in [-0.15, -0.1) is 6.42 Å². The van der Waals surface area contributed by atoms with Gasteiger partial charge in [0.1, 0.15) is 0 Å². The Morgan fingerprint density at radius 3 is 2.78 bits per heavy atom. The van der Waals surface area contributed by atoms with Gasteiger partial charge in [0.15, 0.2) is 11.5 Å². The molecule has 0 spiro atoms. The van der Waals surface area contributed by atoms with Gasteiger partial charge in [0, 0.05) is 6.04 Å². The highest BCUT2D eigenvalue weighted by molar-refractivity contribution is 5.44. The number of hydrogen-bond donors (Lipinski definition) is 0. The predicted octanol–water partition coefficient (Wildman–Crippen LogP) is 2.47. The maximum absolute atomic E-state index is 5.41. The van der Waals surface area contributed by atoms with E-state index in [1.807, 2.05) is 6.07 Å². The van der Waals surface area contributed by atoms with Crippen LogP contribution in [-0.2, 0) is 0 Å². The minimum atomic E-state index is 0.404. The Labute approximate surface area is 109 Å². The molecule has 1 aliphatic heterocycles. The van der Waals surface area contributed by atoms with Crippen LogP contribution in [0.2, 0.25) is 0 Å². The maximum atomic E-state index is 5.41. The summed E-state index contributed by atoms with van der Waals surface area (Å²) in [4.78, 5) is 2.33. The fourth-order valence-corrected chi connectivity index (χ4v) is 2.57. The van der Waals surface area contributed by atoms with Gasteiger partial charge in [0.05, 0.1) is 20.8 Å². The second kappa shape index (κ2) is 5.79. The van der Waals surface area contributed by atoms with Gasteiger partial charge < -0.3 is 9.47 Å². The van der Waals surface area contributed by atoms with E-state index in [4.69, 9.17) is 15.9 Å². The zero-order valence-corrected chi connectivity index (χ0v) is 11.0. The molecule has 1 heterocycles. The summed E-state index contributed by atoms with van der Waals surface area (Å²) in [6.45, 7) is 1.78. The SMILES string of the molecule is C#CCN1CCCC1c1ccc(OC)c(OC)c1. The van der Waals surface area contributed by atoms with Crippen LogP contribution in [0.5, 0.6) is 11.5 Å². The molecule has 2 rings (SSSR count). The summed E-state index contributed by atoms with van der Waals surface area (Å²) in [6.07, 6.45) is 7.76. The first-order valence-electron chi connectivity index (χ1n) is 6.19. The van der Waals surface area contributed by atoms with E-state index < -0.39 is 0 Å². The molecule has 0 saturated carbocycles. The lowest BCUT2D eigenvalue weighted by Gasteiger charge is -2.23. The second-order valence-electron chi connectivity index (χ2n) is 4.45. The molecule has 0 bridgehead atoms. The van der Waals surface area contributed by atoms with Crippen LogP contribution in [0.3, 0.4) is 0 Å². The molecule has 1 aliphatic rings. The van der Waals surface area contributed by atoms with E-state index in [9.17, 15) is 0 Å². The van der Waals surface area contributed by atoms with Crippen LogP contribution in [-0.4, -0.2) is 32.2 Å². The number of nitrogens with zero attached hydrogens (tertiary/aromatic N) is 1. The zero-order valence-electron chi connectivity index (χ0n) is 11.0. The van der Waals surface area contributed by atoms with E-state index in [0.29, 0.717) is 12.6 Å². The Bertz CT molecular complexity index is 450. The molecule has 3 heteroatoms. The van der Waals surface area contributed by atoms with Crippen LogP contribution >= 0.6 is 0 Å². The molecular formula is C15H19NO2. The van der Waals surface area contributed by atoms with Crippen molar-refractivity contribution in [3.8, 4) is 23.8 Å². The molecule has 18 heavy (non-hydrogen) atoms. The van der Waals surface area contributed by atoms with Gasteiger partial charge in [0.2, 0.25) is 0 Å². The van der Waals surface area contributed by atoms with Crippen LogP contribution in [0.15, 0.2) is 18.2 Å². The summed E-state index contributed by atoms with van der Waals surface area (Å²) in [7, 11) is 3.31. The third-order valence-corrected chi connectivity index (χ3v) is 3.45. The van der Waals surface area contributed by atoms with Crippen LogP contribution in [0, 0.1) is 12.3 Å². The molecule has 0 aromatic heterocycles. The number of benzene rings is 1. The molecule has 1 unspecified atom stereocenters. The smallest absolute Gasteiger partial charge is 0.161 e. The van der Waals surface area contributed by atoms with Crippen LogP contribution < -0.4 is 9.47 Å². The molecule has 1 aromatic carbocycles. The van der Waals surface area contributed by atoms with Gasteiger partial charge in [-0.1, -0.05) is 12.0 Å². The molecule has 3 nitrogen and oxygen atoms in total. The third-order valence-electron chi connectivity index (χ3n) is 3.45. The minimum Gasteiger partial charge on any atom is -0.493 e. The van der Waals surface area contributed by atoms with Gasteiger partial charge in [-0.25, -0.2) is 0 Å². The van der Waals surface area contributed by atoms with E-state index in [0.717, 1.165) is 24.5 Å². The lowest BCUT2D eigenvalue weighted by molar-refractivity contribution is 0.288. The summed E-state index contributed by atoms with van der Waals surface area (Å²) in [6, 6.07) is 6.51. The standard InChI is InChI=1S/C15H19NO2/c1-4-9-16-10-5-6-13(16)12-7-8-14(17-2)15(11-12)18-3/h1,7-8,11,13H,5-6,9-10H2,2-3H3. The minimum absolute atomic E-state index is 0.404. The summed E-state index contributed by atoms with van der Waals surface area (Å²) in [5.74, 6) is 4.28. The maximum Gasteiger partial charge on any atom is 0.161 e. The van der Waals surface area contributed by atoms with Crippen molar-refractivity contribution < 1.29 is 9.47 Å². The molecule has 96 valence electrons. The topological polar surface area (TPSA) is 21.7 Å². The first kappa shape index (κ1) is 12.8. The Morgan fingerprint density at radius 1 is 1.33 bits per heavy atom. The van der Waals surface area contributed by atoms with Crippen molar-refractivity contribution in [3.63, 3.8) is 0 Å². The Morgan fingerprint density at radius 2 is 2.11 bits per heavy atom. The number of ether oxygens (including phenoxy) is 2. The molecule has 1 fully saturated rings. The monoisotopic (exact) mass is 245 g/mol. The van der Waals surface area contributed by atoms with Gasteiger partial charge in [-0.3, -0.25) is 4.90 Å². The summed E-state index contributed by atoms with van der Waals surface area (Å²) in [5, 5.41) is 0. The third kappa shape index (κ3) is 2.44. The first-order valence-corrected chi connectivity index (χ1v) is 6.19. The number of hydrogen-bond acceptors (Lipinski definition) is 3. The van der Waals surface area contributed by atoms with E-state index in [-0.39, 0.29) is 0 Å². The van der Waals surface area contributed by atoms with Crippen molar-refractivity contribution in [2.45, 2.75) is 18.9 Å². The van der Waals surface area contributed by atoms with Crippen molar-refractivity contribution in [2.75, 3.05) is 27.3 Å². The first-order chi connectivity index (χ1) is 8.80. The van der Waals surface area contributed by atoms with Gasteiger partial charge in [-0.2, -0.15) is 0 Å². The molecule has 1 saturated heterocycles. The van der Waals surface area contributed by atoms with Crippen LogP contribution in [0.25, 0.3) is 0 Å². The fraction of sp³-hybridized carbons (Fsp3) is 0.467. The highest BCUT2D eigenvalue weighted by Crippen LogP contribution is 2.36. The van der Waals surface area contributed by atoms with Crippen LogP contribution in [0.1, 0.15) is 24.4 Å². The number of terminal acetylenes is 1. The second-order valence-corrected chi connectivity index (χ2v) is 4.45. The van der Waals surface area contributed by atoms with E-state index in [2.05, 4.69) is 23.0 Å². The molecule has 0 aliphatic carbocycles. The van der Waals surface area contributed by atoms with E-state index in [1.54, 1.807) is 14.2 Å². The zero-order chi connectivity index (χ0) is 13.0. The largest absolute Gasteiger partial charge is 0.493 e. The quantitative estimate of drug-likeness (QED) is 0.761. The highest BCUT2D eigenvalue weighted by Gasteiger charge is 2.25.